The van der Waals surface area contributed by atoms with E-state index in [1.807, 2.05) is 36.9 Å². The summed E-state index contributed by atoms with van der Waals surface area (Å²) in [6.07, 6.45) is -3.60. The van der Waals surface area contributed by atoms with Crippen LogP contribution in [-0.2, 0) is 6.18 Å². The summed E-state index contributed by atoms with van der Waals surface area (Å²) in [5.41, 5.74) is 2.31. The van der Waals surface area contributed by atoms with E-state index < -0.39 is 11.7 Å². The van der Waals surface area contributed by atoms with Crippen molar-refractivity contribution in [2.45, 2.75) is 38.4 Å². The zero-order chi connectivity index (χ0) is 19.3. The zero-order valence-electron chi connectivity index (χ0n) is 15.7. The SMILES string of the molecule is Cc1ccc(C)c(Oc2cc3c(c(C(F)(F)F)c2)N(C)C2CCNCC32)c1. The summed E-state index contributed by atoms with van der Waals surface area (Å²) in [7, 11) is 1.77. The summed E-state index contributed by atoms with van der Waals surface area (Å²) < 4.78 is 47.5. The molecule has 0 radical (unpaired) electrons. The molecule has 0 saturated carbocycles. The fraction of sp³-hybridized carbons (Fsp3) is 0.429. The third-order valence-corrected chi connectivity index (χ3v) is 5.69. The Balaban J connectivity index is 1.82. The van der Waals surface area contributed by atoms with E-state index in [2.05, 4.69) is 5.32 Å². The Morgan fingerprint density at radius 1 is 1.15 bits per heavy atom. The van der Waals surface area contributed by atoms with Crippen LogP contribution in [0.4, 0.5) is 18.9 Å². The third kappa shape index (κ3) is 3.16. The van der Waals surface area contributed by atoms with E-state index in [1.165, 1.54) is 0 Å². The quantitative estimate of drug-likeness (QED) is 0.797. The lowest BCUT2D eigenvalue weighted by Gasteiger charge is -2.31. The molecule has 2 aliphatic heterocycles. The summed E-state index contributed by atoms with van der Waals surface area (Å²) in [6.45, 7) is 5.34. The van der Waals surface area contributed by atoms with Gasteiger partial charge >= 0.3 is 6.18 Å². The molecule has 2 unspecified atom stereocenters. The maximum Gasteiger partial charge on any atom is 0.418 e. The van der Waals surface area contributed by atoms with Gasteiger partial charge in [0.1, 0.15) is 11.5 Å². The molecule has 3 nitrogen and oxygen atoms in total. The molecule has 0 spiro atoms. The number of benzene rings is 2. The lowest BCUT2D eigenvalue weighted by molar-refractivity contribution is -0.137. The number of ether oxygens (including phenoxy) is 1. The molecule has 0 amide bonds. The molecule has 2 aromatic rings. The molecule has 0 aliphatic carbocycles. The van der Waals surface area contributed by atoms with Gasteiger partial charge in [0.15, 0.2) is 0 Å². The number of rotatable bonds is 2. The molecule has 27 heavy (non-hydrogen) atoms. The van der Waals surface area contributed by atoms with E-state index in [0.717, 1.165) is 35.7 Å². The second-order valence-electron chi connectivity index (χ2n) is 7.55. The summed E-state index contributed by atoms with van der Waals surface area (Å²) in [5.74, 6) is 0.879. The van der Waals surface area contributed by atoms with Gasteiger partial charge in [0.25, 0.3) is 0 Å². The number of likely N-dealkylation sites (N-methyl/N-ethyl adjacent to an activating group) is 1. The lowest BCUT2D eigenvalue weighted by Crippen LogP contribution is -2.42. The normalized spacial score (nSPS) is 21.8. The summed E-state index contributed by atoms with van der Waals surface area (Å²) in [6, 6.07) is 8.75. The molecular formula is C21H23F3N2O. The average Bonchev–Trinajstić information content (AvgIpc) is 2.90. The Kier molecular flexibility index (Phi) is 4.34. The topological polar surface area (TPSA) is 24.5 Å². The Bertz CT molecular complexity index is 878. The highest BCUT2D eigenvalue weighted by molar-refractivity contribution is 5.69. The van der Waals surface area contributed by atoms with E-state index in [9.17, 15) is 13.2 Å². The molecule has 2 atom stereocenters. The van der Waals surface area contributed by atoms with Crippen LogP contribution >= 0.6 is 0 Å². The monoisotopic (exact) mass is 376 g/mol. The Hall–Kier alpha value is -2.21. The molecular weight excluding hydrogens is 353 g/mol. The van der Waals surface area contributed by atoms with Gasteiger partial charge in [0.2, 0.25) is 0 Å². The standard InChI is InChI=1S/C21H23F3N2O/c1-12-4-5-13(2)19(8-12)27-14-9-15-16-11-25-7-6-18(16)26(3)20(15)17(10-14)21(22,23)24/h4-5,8-10,16,18,25H,6-7,11H2,1-3H3. The van der Waals surface area contributed by atoms with Crippen LogP contribution in [0, 0.1) is 13.8 Å². The fourth-order valence-electron chi connectivity index (χ4n) is 4.32. The minimum absolute atomic E-state index is 0.0435. The molecule has 1 fully saturated rings. The number of fused-ring (bicyclic) bond motifs is 3. The van der Waals surface area contributed by atoms with Crippen LogP contribution in [0.25, 0.3) is 0 Å². The molecule has 0 aromatic heterocycles. The molecule has 1 saturated heterocycles. The number of anilines is 1. The third-order valence-electron chi connectivity index (χ3n) is 5.69. The number of piperidine rings is 1. The number of halogens is 3. The molecule has 2 aromatic carbocycles. The first-order chi connectivity index (χ1) is 12.8. The van der Waals surface area contributed by atoms with Crippen molar-refractivity contribution in [1.82, 2.24) is 5.32 Å². The lowest BCUT2D eigenvalue weighted by atomic mass is 9.89. The van der Waals surface area contributed by atoms with Gasteiger partial charge in [0.05, 0.1) is 11.3 Å². The van der Waals surface area contributed by atoms with Gasteiger partial charge in [-0.3, -0.25) is 0 Å². The largest absolute Gasteiger partial charge is 0.457 e. The van der Waals surface area contributed by atoms with Gasteiger partial charge in [-0.2, -0.15) is 13.2 Å². The number of nitrogens with zero attached hydrogens (tertiary/aromatic N) is 1. The summed E-state index contributed by atoms with van der Waals surface area (Å²) >= 11 is 0. The maximum absolute atomic E-state index is 13.9. The minimum atomic E-state index is -4.43. The summed E-state index contributed by atoms with van der Waals surface area (Å²) in [4.78, 5) is 1.81. The van der Waals surface area contributed by atoms with Crippen molar-refractivity contribution < 1.29 is 17.9 Å². The van der Waals surface area contributed by atoms with Crippen LogP contribution in [0.1, 0.15) is 34.6 Å². The predicted octanol–water partition coefficient (Wildman–Crippen LogP) is 5.01. The van der Waals surface area contributed by atoms with E-state index in [0.29, 0.717) is 18.0 Å². The molecule has 4 rings (SSSR count). The second kappa shape index (κ2) is 6.44. The van der Waals surface area contributed by atoms with E-state index in [4.69, 9.17) is 4.74 Å². The number of hydrogen-bond acceptors (Lipinski definition) is 3. The molecule has 2 aliphatic rings. The van der Waals surface area contributed by atoms with Crippen molar-refractivity contribution in [2.24, 2.45) is 0 Å². The average molecular weight is 376 g/mol. The van der Waals surface area contributed by atoms with Gasteiger partial charge in [-0.15, -0.1) is 0 Å². The fourth-order valence-corrected chi connectivity index (χ4v) is 4.32. The highest BCUT2D eigenvalue weighted by atomic mass is 19.4. The molecule has 1 N–H and O–H groups in total. The van der Waals surface area contributed by atoms with Crippen LogP contribution in [0.15, 0.2) is 30.3 Å². The molecule has 144 valence electrons. The van der Waals surface area contributed by atoms with Crippen molar-refractivity contribution >= 4 is 5.69 Å². The zero-order valence-corrected chi connectivity index (χ0v) is 15.7. The highest BCUT2D eigenvalue weighted by Crippen LogP contribution is 2.50. The second-order valence-corrected chi connectivity index (χ2v) is 7.55. The van der Waals surface area contributed by atoms with Crippen molar-refractivity contribution in [3.8, 4) is 11.5 Å². The first-order valence-electron chi connectivity index (χ1n) is 9.19. The van der Waals surface area contributed by atoms with Crippen molar-refractivity contribution in [3.05, 3.63) is 52.6 Å². The molecule has 6 heteroatoms. The minimum Gasteiger partial charge on any atom is -0.457 e. The van der Waals surface area contributed by atoms with E-state index >= 15 is 0 Å². The van der Waals surface area contributed by atoms with Crippen molar-refractivity contribution in [1.29, 1.82) is 0 Å². The Morgan fingerprint density at radius 2 is 1.93 bits per heavy atom. The van der Waals surface area contributed by atoms with Crippen molar-refractivity contribution in [2.75, 3.05) is 25.0 Å². The number of aryl methyl sites for hydroxylation is 2. The van der Waals surface area contributed by atoms with Gasteiger partial charge in [-0.25, -0.2) is 0 Å². The molecule has 0 bridgehead atoms. The predicted molar refractivity (Wildman–Crippen MR) is 99.9 cm³/mol. The number of alkyl halides is 3. The van der Waals surface area contributed by atoms with Crippen LogP contribution in [0.5, 0.6) is 11.5 Å². The first-order valence-corrected chi connectivity index (χ1v) is 9.19. The smallest absolute Gasteiger partial charge is 0.418 e. The Labute approximate surface area is 157 Å². The number of nitrogens with one attached hydrogen (secondary N) is 1. The summed E-state index contributed by atoms with van der Waals surface area (Å²) in [5, 5.41) is 3.31. The first kappa shape index (κ1) is 18.2. The van der Waals surface area contributed by atoms with Crippen molar-refractivity contribution in [3.63, 3.8) is 0 Å². The molecule has 2 heterocycles. The maximum atomic E-state index is 13.9. The van der Waals surface area contributed by atoms with Crippen LogP contribution < -0.4 is 15.0 Å². The number of hydrogen-bond donors (Lipinski definition) is 1. The van der Waals surface area contributed by atoms with E-state index in [1.54, 1.807) is 13.1 Å². The highest BCUT2D eigenvalue weighted by Gasteiger charge is 2.45. The van der Waals surface area contributed by atoms with E-state index in [-0.39, 0.29) is 17.7 Å². The van der Waals surface area contributed by atoms with Gasteiger partial charge in [-0.1, -0.05) is 12.1 Å². The Morgan fingerprint density at radius 3 is 2.67 bits per heavy atom. The van der Waals surface area contributed by atoms with Crippen LogP contribution in [-0.4, -0.2) is 26.2 Å². The van der Waals surface area contributed by atoms with Gasteiger partial charge in [0, 0.05) is 25.6 Å². The van der Waals surface area contributed by atoms with Crippen LogP contribution in [0.3, 0.4) is 0 Å². The van der Waals surface area contributed by atoms with Gasteiger partial charge < -0.3 is 15.0 Å². The van der Waals surface area contributed by atoms with Crippen LogP contribution in [0.2, 0.25) is 0 Å². The van der Waals surface area contributed by atoms with Gasteiger partial charge in [-0.05, 0) is 61.7 Å².